The van der Waals surface area contributed by atoms with Crippen LogP contribution in [-0.2, 0) is 4.79 Å². The van der Waals surface area contributed by atoms with Crippen LogP contribution in [-0.4, -0.2) is 35.0 Å². The number of hydrogen-bond acceptors (Lipinski definition) is 4. The number of amides is 1. The van der Waals surface area contributed by atoms with E-state index in [9.17, 15) is 4.79 Å². The Kier molecular flexibility index (Phi) is 2.66. The Morgan fingerprint density at radius 3 is 2.83 bits per heavy atom. The number of anilines is 2. The van der Waals surface area contributed by atoms with Gasteiger partial charge in [-0.1, -0.05) is 6.92 Å². The summed E-state index contributed by atoms with van der Waals surface area (Å²) in [6, 6.07) is 0.304. The van der Waals surface area contributed by atoms with Crippen molar-refractivity contribution in [3.63, 3.8) is 0 Å². The van der Waals surface area contributed by atoms with Crippen molar-refractivity contribution in [2.24, 2.45) is 0 Å². The summed E-state index contributed by atoms with van der Waals surface area (Å²) >= 11 is 5.89. The second-order valence-corrected chi connectivity index (χ2v) is 5.15. The molecule has 1 fully saturated rings. The summed E-state index contributed by atoms with van der Waals surface area (Å²) in [5.74, 6) is 0.911. The molecule has 1 aromatic rings. The largest absolute Gasteiger partial charge is 0.340 e. The summed E-state index contributed by atoms with van der Waals surface area (Å²) in [7, 11) is 1.77. The zero-order valence-electron chi connectivity index (χ0n) is 10.4. The minimum atomic E-state index is -0.124. The maximum absolute atomic E-state index is 12.3. The first-order valence-corrected chi connectivity index (χ1v) is 6.59. The summed E-state index contributed by atoms with van der Waals surface area (Å²) < 4.78 is 0. The number of aromatic nitrogens is 2. The van der Waals surface area contributed by atoms with Crippen molar-refractivity contribution < 1.29 is 4.79 Å². The molecule has 18 heavy (non-hydrogen) atoms. The predicted octanol–water partition coefficient (Wildman–Crippen LogP) is 1.85. The molecule has 0 unspecified atom stereocenters. The van der Waals surface area contributed by atoms with Gasteiger partial charge in [-0.15, -0.1) is 0 Å². The molecule has 1 aliphatic carbocycles. The van der Waals surface area contributed by atoms with Crippen LogP contribution in [0, 0.1) is 0 Å². The number of carbonyl (C=O) groups is 1. The summed E-state index contributed by atoms with van der Waals surface area (Å²) in [6.07, 6.45) is 4.65. The van der Waals surface area contributed by atoms with Gasteiger partial charge in [0.1, 0.15) is 11.7 Å². The van der Waals surface area contributed by atoms with Crippen molar-refractivity contribution in [3.05, 3.63) is 11.5 Å². The van der Waals surface area contributed by atoms with E-state index in [1.54, 1.807) is 18.1 Å². The molecule has 1 atom stereocenters. The molecule has 5 nitrogen and oxygen atoms in total. The molecule has 96 valence electrons. The van der Waals surface area contributed by atoms with E-state index in [0.717, 1.165) is 30.8 Å². The molecule has 1 aliphatic heterocycles. The van der Waals surface area contributed by atoms with E-state index in [-0.39, 0.29) is 17.2 Å². The Hall–Kier alpha value is -1.36. The van der Waals surface area contributed by atoms with Gasteiger partial charge in [-0.05, 0) is 30.9 Å². The molecule has 6 heteroatoms. The van der Waals surface area contributed by atoms with Crippen molar-refractivity contribution in [1.29, 1.82) is 0 Å². The zero-order valence-corrected chi connectivity index (χ0v) is 11.2. The van der Waals surface area contributed by atoms with Crippen LogP contribution in [0.25, 0.3) is 0 Å². The SMILES string of the molecule is CC[C@@H]1C(=O)N(C)c2cnc(Cl)nc2N1C1CC1. The summed E-state index contributed by atoms with van der Waals surface area (Å²) in [6.45, 7) is 2.03. The number of likely N-dealkylation sites (N-methyl/N-ethyl adjacent to an activating group) is 1. The molecular weight excluding hydrogens is 252 g/mol. The molecule has 0 spiro atoms. The van der Waals surface area contributed by atoms with Gasteiger partial charge in [0, 0.05) is 13.1 Å². The monoisotopic (exact) mass is 266 g/mol. The molecule has 0 saturated heterocycles. The molecule has 2 aliphatic rings. The van der Waals surface area contributed by atoms with Gasteiger partial charge < -0.3 is 9.80 Å². The van der Waals surface area contributed by atoms with Crippen LogP contribution >= 0.6 is 11.6 Å². The van der Waals surface area contributed by atoms with Gasteiger partial charge in [0.15, 0.2) is 5.82 Å². The van der Waals surface area contributed by atoms with Gasteiger partial charge in [0.05, 0.1) is 6.20 Å². The maximum atomic E-state index is 12.3. The number of carbonyl (C=O) groups excluding carboxylic acids is 1. The summed E-state index contributed by atoms with van der Waals surface area (Å²) in [5.41, 5.74) is 0.751. The van der Waals surface area contributed by atoms with E-state index in [2.05, 4.69) is 14.9 Å². The number of hydrogen-bond donors (Lipinski definition) is 0. The highest BCUT2D eigenvalue weighted by atomic mass is 35.5. The molecule has 1 saturated carbocycles. The van der Waals surface area contributed by atoms with Crippen molar-refractivity contribution >= 4 is 29.0 Å². The molecular formula is C12H15ClN4O. The number of nitrogens with zero attached hydrogens (tertiary/aromatic N) is 4. The van der Waals surface area contributed by atoms with Crippen LogP contribution in [0.1, 0.15) is 26.2 Å². The number of rotatable bonds is 2. The fourth-order valence-electron chi connectivity index (χ4n) is 2.53. The van der Waals surface area contributed by atoms with E-state index in [0.29, 0.717) is 6.04 Å². The quantitative estimate of drug-likeness (QED) is 0.767. The van der Waals surface area contributed by atoms with E-state index in [4.69, 9.17) is 11.6 Å². The lowest BCUT2D eigenvalue weighted by Gasteiger charge is -2.40. The fraction of sp³-hybridized carbons (Fsp3) is 0.583. The lowest BCUT2D eigenvalue weighted by molar-refractivity contribution is -0.120. The van der Waals surface area contributed by atoms with Crippen LogP contribution in [0.4, 0.5) is 11.5 Å². The first-order chi connectivity index (χ1) is 8.63. The van der Waals surface area contributed by atoms with Crippen LogP contribution in [0.15, 0.2) is 6.20 Å². The summed E-state index contributed by atoms with van der Waals surface area (Å²) in [4.78, 5) is 24.4. The first kappa shape index (κ1) is 11.7. The summed E-state index contributed by atoms with van der Waals surface area (Å²) in [5, 5.41) is 0.233. The fourth-order valence-corrected chi connectivity index (χ4v) is 2.66. The van der Waals surface area contributed by atoms with Crippen molar-refractivity contribution in [1.82, 2.24) is 9.97 Å². The molecule has 1 aromatic heterocycles. The predicted molar refractivity (Wildman–Crippen MR) is 70.0 cm³/mol. The van der Waals surface area contributed by atoms with Gasteiger partial charge in [0.25, 0.3) is 0 Å². The van der Waals surface area contributed by atoms with E-state index in [1.807, 2.05) is 6.92 Å². The van der Waals surface area contributed by atoms with Crippen molar-refractivity contribution in [3.8, 4) is 0 Å². The smallest absolute Gasteiger partial charge is 0.249 e. The molecule has 0 N–H and O–H groups in total. The highest BCUT2D eigenvalue weighted by Crippen LogP contribution is 2.41. The Labute approximate surface area is 111 Å². The minimum absolute atomic E-state index is 0.114. The normalized spacial score (nSPS) is 23.3. The van der Waals surface area contributed by atoms with Gasteiger partial charge in [-0.25, -0.2) is 4.98 Å². The third kappa shape index (κ3) is 1.65. The number of fused-ring (bicyclic) bond motifs is 1. The van der Waals surface area contributed by atoms with Crippen molar-refractivity contribution in [2.75, 3.05) is 16.8 Å². The van der Waals surface area contributed by atoms with Crippen LogP contribution in [0.2, 0.25) is 5.28 Å². The van der Waals surface area contributed by atoms with Gasteiger partial charge in [0.2, 0.25) is 11.2 Å². The van der Waals surface area contributed by atoms with Gasteiger partial charge in [-0.3, -0.25) is 4.79 Å². The molecule has 1 amide bonds. The Morgan fingerprint density at radius 2 is 2.22 bits per heavy atom. The second-order valence-electron chi connectivity index (χ2n) is 4.81. The highest BCUT2D eigenvalue weighted by molar-refractivity contribution is 6.28. The van der Waals surface area contributed by atoms with E-state index in [1.165, 1.54) is 0 Å². The molecule has 0 radical (unpaired) electrons. The molecule has 2 heterocycles. The number of halogens is 1. The third-order valence-electron chi connectivity index (χ3n) is 3.60. The van der Waals surface area contributed by atoms with Gasteiger partial charge in [-0.2, -0.15) is 4.98 Å². The average molecular weight is 267 g/mol. The molecule has 3 rings (SSSR count). The molecule has 0 aromatic carbocycles. The van der Waals surface area contributed by atoms with Gasteiger partial charge >= 0.3 is 0 Å². The van der Waals surface area contributed by atoms with Crippen LogP contribution in [0.5, 0.6) is 0 Å². The van der Waals surface area contributed by atoms with E-state index < -0.39 is 0 Å². The Morgan fingerprint density at radius 1 is 1.50 bits per heavy atom. The maximum Gasteiger partial charge on any atom is 0.249 e. The standard InChI is InChI=1S/C12H15ClN4O/c1-3-8-11(18)16(2)9-6-14-12(13)15-10(9)17(8)7-4-5-7/h6-8H,3-5H2,1-2H3/t8-/m1/s1. The van der Waals surface area contributed by atoms with Crippen LogP contribution in [0.3, 0.4) is 0 Å². The Balaban J connectivity index is 2.13. The molecule has 0 bridgehead atoms. The van der Waals surface area contributed by atoms with Crippen LogP contribution < -0.4 is 9.80 Å². The topological polar surface area (TPSA) is 49.3 Å². The zero-order chi connectivity index (χ0) is 12.9. The highest BCUT2D eigenvalue weighted by Gasteiger charge is 2.43. The van der Waals surface area contributed by atoms with Crippen molar-refractivity contribution in [2.45, 2.75) is 38.3 Å². The first-order valence-electron chi connectivity index (χ1n) is 6.22. The minimum Gasteiger partial charge on any atom is -0.340 e. The lowest BCUT2D eigenvalue weighted by atomic mass is 10.1. The lowest BCUT2D eigenvalue weighted by Crippen LogP contribution is -2.53. The third-order valence-corrected chi connectivity index (χ3v) is 3.79. The Bertz CT molecular complexity index is 503. The average Bonchev–Trinajstić information content (AvgIpc) is 3.17. The second kappa shape index (κ2) is 4.09. The van der Waals surface area contributed by atoms with E-state index >= 15 is 0 Å².